The van der Waals surface area contributed by atoms with Crippen LogP contribution in [0.1, 0.15) is 46.5 Å². The number of carbonyl (C=O) groups is 1. The van der Waals surface area contributed by atoms with Crippen molar-refractivity contribution >= 4 is 5.91 Å². The van der Waals surface area contributed by atoms with E-state index in [2.05, 4.69) is 26.1 Å². The molecule has 0 radical (unpaired) electrons. The molecule has 0 spiro atoms. The zero-order valence-electron chi connectivity index (χ0n) is 10.8. The summed E-state index contributed by atoms with van der Waals surface area (Å²) in [5.74, 6) is 1.05. The smallest absolute Gasteiger partial charge is 0.224 e. The van der Waals surface area contributed by atoms with E-state index >= 15 is 0 Å². The lowest BCUT2D eigenvalue weighted by Gasteiger charge is -2.31. The van der Waals surface area contributed by atoms with E-state index in [9.17, 15) is 4.79 Å². The van der Waals surface area contributed by atoms with Crippen molar-refractivity contribution in [1.29, 1.82) is 0 Å². The minimum atomic E-state index is -0.0332. The number of amides is 1. The van der Waals surface area contributed by atoms with E-state index in [4.69, 9.17) is 5.73 Å². The Hall–Kier alpha value is -0.570. The van der Waals surface area contributed by atoms with E-state index in [1.54, 1.807) is 0 Å². The summed E-state index contributed by atoms with van der Waals surface area (Å²) in [6, 6.07) is 0.369. The van der Waals surface area contributed by atoms with Crippen molar-refractivity contribution in [3.63, 3.8) is 0 Å². The highest BCUT2D eigenvalue weighted by Gasteiger charge is 2.27. The molecule has 1 saturated carbocycles. The molecule has 0 aromatic carbocycles. The Bertz CT molecular complexity index is 228. The van der Waals surface area contributed by atoms with E-state index in [0.29, 0.717) is 24.4 Å². The lowest BCUT2D eigenvalue weighted by molar-refractivity contribution is -0.127. The Balaban J connectivity index is 2.48. The fourth-order valence-corrected chi connectivity index (χ4v) is 2.50. The zero-order valence-corrected chi connectivity index (χ0v) is 10.8. The molecule has 1 amide bonds. The van der Waals surface area contributed by atoms with Crippen LogP contribution in [0.3, 0.4) is 0 Å². The predicted molar refractivity (Wildman–Crippen MR) is 66.9 cm³/mol. The van der Waals surface area contributed by atoms with Crippen LogP contribution in [0.25, 0.3) is 0 Å². The van der Waals surface area contributed by atoms with Crippen LogP contribution in [0.5, 0.6) is 0 Å². The Morgan fingerprint density at radius 1 is 1.38 bits per heavy atom. The molecule has 16 heavy (non-hydrogen) atoms. The number of hydrogen-bond donors (Lipinski definition) is 2. The Morgan fingerprint density at radius 3 is 2.50 bits per heavy atom. The summed E-state index contributed by atoms with van der Waals surface area (Å²) in [4.78, 5) is 12.0. The highest BCUT2D eigenvalue weighted by atomic mass is 16.2. The van der Waals surface area contributed by atoms with Gasteiger partial charge in [0.2, 0.25) is 5.91 Å². The molecule has 3 nitrogen and oxygen atoms in total. The molecule has 0 heterocycles. The minimum absolute atomic E-state index is 0.0332. The molecule has 1 rings (SSSR count). The molecule has 1 aliphatic rings. The van der Waals surface area contributed by atoms with Gasteiger partial charge in [0.1, 0.15) is 0 Å². The van der Waals surface area contributed by atoms with Crippen molar-refractivity contribution in [3.05, 3.63) is 0 Å². The number of nitrogens with two attached hydrogens (primary N) is 1. The largest absolute Gasteiger partial charge is 0.353 e. The van der Waals surface area contributed by atoms with Gasteiger partial charge in [0, 0.05) is 12.6 Å². The Kier molecular flexibility index (Phi) is 5.26. The van der Waals surface area contributed by atoms with Crippen LogP contribution in [-0.2, 0) is 4.79 Å². The molecule has 3 atom stereocenters. The maximum absolute atomic E-state index is 12.0. The zero-order chi connectivity index (χ0) is 12.1. The number of rotatable bonds is 4. The normalized spacial score (nSPS) is 27.8. The van der Waals surface area contributed by atoms with E-state index in [1.807, 2.05) is 0 Å². The molecule has 3 heteroatoms. The first-order chi connectivity index (χ1) is 7.56. The summed E-state index contributed by atoms with van der Waals surface area (Å²) in [6.07, 6.45) is 4.91. The van der Waals surface area contributed by atoms with E-state index in [1.165, 1.54) is 19.3 Å². The third-order valence-corrected chi connectivity index (χ3v) is 3.83. The average molecular weight is 226 g/mol. The van der Waals surface area contributed by atoms with Crippen molar-refractivity contribution in [2.24, 2.45) is 23.5 Å². The van der Waals surface area contributed by atoms with Crippen LogP contribution in [-0.4, -0.2) is 18.5 Å². The molecule has 1 aliphatic carbocycles. The number of nitrogens with one attached hydrogen (secondary N) is 1. The van der Waals surface area contributed by atoms with Crippen molar-refractivity contribution in [2.45, 2.75) is 52.5 Å². The first-order valence-corrected chi connectivity index (χ1v) is 6.56. The molecule has 0 saturated heterocycles. The van der Waals surface area contributed by atoms with Gasteiger partial charge in [0.05, 0.1) is 5.92 Å². The third-order valence-electron chi connectivity index (χ3n) is 3.83. The fourth-order valence-electron chi connectivity index (χ4n) is 2.50. The van der Waals surface area contributed by atoms with Gasteiger partial charge in [0.15, 0.2) is 0 Å². The van der Waals surface area contributed by atoms with Crippen molar-refractivity contribution in [3.8, 4) is 0 Å². The van der Waals surface area contributed by atoms with Crippen molar-refractivity contribution in [1.82, 2.24) is 5.32 Å². The Labute approximate surface area is 99.2 Å². The van der Waals surface area contributed by atoms with Gasteiger partial charge in [0.25, 0.3) is 0 Å². The van der Waals surface area contributed by atoms with E-state index in [-0.39, 0.29) is 11.8 Å². The fraction of sp³-hybridized carbons (Fsp3) is 0.923. The van der Waals surface area contributed by atoms with Crippen LogP contribution in [0.15, 0.2) is 0 Å². The van der Waals surface area contributed by atoms with Gasteiger partial charge < -0.3 is 11.1 Å². The molecule has 3 N–H and O–H groups in total. The highest BCUT2D eigenvalue weighted by molar-refractivity contribution is 5.79. The molecule has 0 aliphatic heterocycles. The van der Waals surface area contributed by atoms with Crippen LogP contribution >= 0.6 is 0 Å². The highest BCUT2D eigenvalue weighted by Crippen LogP contribution is 2.24. The molecule has 94 valence electrons. The molecule has 1 fully saturated rings. The van der Waals surface area contributed by atoms with Crippen LogP contribution < -0.4 is 11.1 Å². The standard InChI is InChI=1S/C13H26N2O/c1-9(2)11(8-14)13(16)15-12-7-5-4-6-10(12)3/h9-12H,4-8,14H2,1-3H3,(H,15,16). The predicted octanol–water partition coefficient (Wildman–Crippen LogP) is 1.91. The summed E-state index contributed by atoms with van der Waals surface area (Å²) >= 11 is 0. The number of carbonyl (C=O) groups excluding carboxylic acids is 1. The third kappa shape index (κ3) is 3.48. The van der Waals surface area contributed by atoms with Gasteiger partial charge in [-0.05, 0) is 24.7 Å². The average Bonchev–Trinajstić information content (AvgIpc) is 2.22. The van der Waals surface area contributed by atoms with Crippen LogP contribution in [0.2, 0.25) is 0 Å². The molecular formula is C13H26N2O. The SMILES string of the molecule is CC(C)C(CN)C(=O)NC1CCCCC1C. The Morgan fingerprint density at radius 2 is 2.00 bits per heavy atom. The maximum atomic E-state index is 12.0. The number of hydrogen-bond acceptors (Lipinski definition) is 2. The van der Waals surface area contributed by atoms with Crippen molar-refractivity contribution in [2.75, 3.05) is 6.54 Å². The second-order valence-electron chi connectivity index (χ2n) is 5.46. The van der Waals surface area contributed by atoms with Gasteiger partial charge in [-0.2, -0.15) is 0 Å². The minimum Gasteiger partial charge on any atom is -0.353 e. The first kappa shape index (κ1) is 13.5. The monoisotopic (exact) mass is 226 g/mol. The molecule has 3 unspecified atom stereocenters. The van der Waals surface area contributed by atoms with Gasteiger partial charge in [-0.3, -0.25) is 4.79 Å². The summed E-state index contributed by atoms with van der Waals surface area (Å²) in [7, 11) is 0. The summed E-state index contributed by atoms with van der Waals surface area (Å²) in [5.41, 5.74) is 5.65. The summed E-state index contributed by atoms with van der Waals surface area (Å²) < 4.78 is 0. The van der Waals surface area contributed by atoms with Crippen LogP contribution in [0.4, 0.5) is 0 Å². The molecule has 0 bridgehead atoms. The van der Waals surface area contributed by atoms with Gasteiger partial charge in [-0.25, -0.2) is 0 Å². The van der Waals surface area contributed by atoms with Gasteiger partial charge in [-0.1, -0.05) is 33.6 Å². The maximum Gasteiger partial charge on any atom is 0.224 e. The van der Waals surface area contributed by atoms with Crippen molar-refractivity contribution < 1.29 is 4.79 Å². The van der Waals surface area contributed by atoms with Gasteiger partial charge in [-0.15, -0.1) is 0 Å². The quantitative estimate of drug-likeness (QED) is 0.769. The lowest BCUT2D eigenvalue weighted by atomic mass is 9.85. The lowest BCUT2D eigenvalue weighted by Crippen LogP contribution is -2.46. The second-order valence-corrected chi connectivity index (χ2v) is 5.46. The molecular weight excluding hydrogens is 200 g/mol. The topological polar surface area (TPSA) is 55.1 Å². The first-order valence-electron chi connectivity index (χ1n) is 6.56. The molecule has 0 aromatic rings. The summed E-state index contributed by atoms with van der Waals surface area (Å²) in [5, 5.41) is 3.18. The van der Waals surface area contributed by atoms with E-state index < -0.39 is 0 Å². The van der Waals surface area contributed by atoms with E-state index in [0.717, 1.165) is 6.42 Å². The van der Waals surface area contributed by atoms with Crippen LogP contribution in [0, 0.1) is 17.8 Å². The summed E-state index contributed by atoms with van der Waals surface area (Å²) in [6.45, 7) is 6.80. The molecule has 0 aromatic heterocycles. The van der Waals surface area contributed by atoms with Gasteiger partial charge >= 0.3 is 0 Å². The second kappa shape index (κ2) is 6.24.